The van der Waals surface area contributed by atoms with Crippen LogP contribution < -0.4 is 0 Å². The second-order valence-corrected chi connectivity index (χ2v) is 6.74. The Hall–Kier alpha value is -2.80. The maximum absolute atomic E-state index is 13.6. The van der Waals surface area contributed by atoms with Crippen molar-refractivity contribution in [2.75, 3.05) is 0 Å². The fraction of sp³-hybridized carbons (Fsp3) is 0.118. The minimum Gasteiger partial charge on any atom is -0.326 e. The average Bonchev–Trinajstić information content (AvgIpc) is 3.05. The summed E-state index contributed by atoms with van der Waals surface area (Å²) in [5.74, 6) is -0.289. The fourth-order valence-electron chi connectivity index (χ4n) is 2.88. The first-order valence-corrected chi connectivity index (χ1v) is 8.13. The number of thiazole rings is 1. The van der Waals surface area contributed by atoms with Crippen molar-refractivity contribution in [2.45, 2.75) is 13.5 Å². The molecule has 0 saturated heterocycles. The van der Waals surface area contributed by atoms with Gasteiger partial charge in [0.2, 0.25) is 0 Å². The molecule has 120 valence electrons. The molecular weight excluding hydrogens is 329 g/mol. The highest BCUT2D eigenvalue weighted by atomic mass is 32.1. The number of hydrogen-bond donors (Lipinski definition) is 0. The number of nitro groups is 1. The van der Waals surface area contributed by atoms with Gasteiger partial charge in [0, 0.05) is 24.1 Å². The van der Waals surface area contributed by atoms with E-state index in [1.54, 1.807) is 29.5 Å². The number of aromatic nitrogens is 2. The normalized spacial score (nSPS) is 11.4. The van der Waals surface area contributed by atoms with Crippen molar-refractivity contribution in [3.05, 3.63) is 69.0 Å². The van der Waals surface area contributed by atoms with Crippen molar-refractivity contribution >= 4 is 38.3 Å². The lowest BCUT2D eigenvalue weighted by Crippen LogP contribution is -1.99. The Balaban J connectivity index is 1.86. The van der Waals surface area contributed by atoms with Crippen LogP contribution in [0.1, 0.15) is 10.6 Å². The Morgan fingerprint density at radius 3 is 2.71 bits per heavy atom. The molecule has 0 aliphatic rings. The molecule has 0 fully saturated rings. The summed E-state index contributed by atoms with van der Waals surface area (Å²) in [6, 6.07) is 11.2. The predicted molar refractivity (Wildman–Crippen MR) is 92.0 cm³/mol. The summed E-state index contributed by atoms with van der Waals surface area (Å²) in [6.45, 7) is 2.47. The van der Waals surface area contributed by atoms with Crippen LogP contribution in [0.25, 0.3) is 21.3 Å². The molecule has 2 aromatic heterocycles. The maximum atomic E-state index is 13.6. The van der Waals surface area contributed by atoms with E-state index in [-0.39, 0.29) is 11.5 Å². The summed E-state index contributed by atoms with van der Waals surface area (Å²) in [7, 11) is 0. The van der Waals surface area contributed by atoms with Gasteiger partial charge in [-0.3, -0.25) is 10.1 Å². The van der Waals surface area contributed by atoms with Gasteiger partial charge in [0.1, 0.15) is 16.2 Å². The van der Waals surface area contributed by atoms with E-state index in [0.717, 1.165) is 31.8 Å². The number of benzene rings is 2. The van der Waals surface area contributed by atoms with Crippen LogP contribution in [0.5, 0.6) is 0 Å². The molecule has 0 unspecified atom stereocenters. The molecule has 4 aromatic rings. The standard InChI is InChI=1S/C17H12FN3O2S/c1-10-19-16-14-8-12(18)4-7-15(14)20(17(16)24-10)9-11-2-5-13(6-3-11)21(22)23/h2-8H,9H2,1H3. The van der Waals surface area contributed by atoms with Crippen LogP contribution in [0.4, 0.5) is 10.1 Å². The van der Waals surface area contributed by atoms with Crippen LogP contribution in [0, 0.1) is 22.9 Å². The van der Waals surface area contributed by atoms with Crippen LogP contribution in [-0.4, -0.2) is 14.5 Å². The Bertz CT molecular complexity index is 1080. The highest BCUT2D eigenvalue weighted by Crippen LogP contribution is 2.33. The number of non-ortho nitro benzene ring substituents is 1. The number of aryl methyl sites for hydroxylation is 1. The first-order valence-electron chi connectivity index (χ1n) is 7.31. The smallest absolute Gasteiger partial charge is 0.269 e. The molecule has 5 nitrogen and oxygen atoms in total. The summed E-state index contributed by atoms with van der Waals surface area (Å²) < 4.78 is 15.7. The zero-order valence-corrected chi connectivity index (χ0v) is 13.5. The summed E-state index contributed by atoms with van der Waals surface area (Å²) >= 11 is 1.56. The van der Waals surface area contributed by atoms with E-state index in [1.807, 2.05) is 6.92 Å². The summed E-state index contributed by atoms with van der Waals surface area (Å²) in [5.41, 5.74) is 2.71. The molecule has 24 heavy (non-hydrogen) atoms. The Labute approximate surface area is 140 Å². The number of hydrogen-bond acceptors (Lipinski definition) is 4. The van der Waals surface area contributed by atoms with E-state index in [4.69, 9.17) is 0 Å². The number of nitro benzene ring substituents is 1. The predicted octanol–water partition coefficient (Wildman–Crippen LogP) is 4.66. The molecule has 0 atom stereocenters. The highest BCUT2D eigenvalue weighted by molar-refractivity contribution is 7.18. The van der Waals surface area contributed by atoms with Gasteiger partial charge in [-0.25, -0.2) is 9.37 Å². The van der Waals surface area contributed by atoms with Crippen LogP contribution in [0.15, 0.2) is 42.5 Å². The van der Waals surface area contributed by atoms with Crippen molar-refractivity contribution < 1.29 is 9.31 Å². The minimum atomic E-state index is -0.414. The first kappa shape index (κ1) is 14.8. The quantitative estimate of drug-likeness (QED) is 0.402. The van der Waals surface area contributed by atoms with Gasteiger partial charge in [0.15, 0.2) is 0 Å². The Morgan fingerprint density at radius 1 is 1.25 bits per heavy atom. The number of rotatable bonds is 3. The summed E-state index contributed by atoms with van der Waals surface area (Å²) in [4.78, 5) is 15.9. The van der Waals surface area contributed by atoms with Gasteiger partial charge in [-0.15, -0.1) is 11.3 Å². The van der Waals surface area contributed by atoms with Crippen molar-refractivity contribution in [2.24, 2.45) is 0 Å². The van der Waals surface area contributed by atoms with Crippen molar-refractivity contribution in [3.8, 4) is 0 Å². The minimum absolute atomic E-state index is 0.0666. The van der Waals surface area contributed by atoms with Gasteiger partial charge in [-0.05, 0) is 30.7 Å². The first-order chi connectivity index (χ1) is 11.5. The van der Waals surface area contributed by atoms with Gasteiger partial charge in [0.25, 0.3) is 5.69 Å². The fourth-order valence-corrected chi connectivity index (χ4v) is 3.82. The largest absolute Gasteiger partial charge is 0.326 e. The number of halogens is 1. The maximum Gasteiger partial charge on any atom is 0.269 e. The van der Waals surface area contributed by atoms with Crippen molar-refractivity contribution in [3.63, 3.8) is 0 Å². The third-order valence-electron chi connectivity index (χ3n) is 3.95. The molecule has 7 heteroatoms. The monoisotopic (exact) mass is 341 g/mol. The van der Waals surface area contributed by atoms with Gasteiger partial charge in [-0.1, -0.05) is 12.1 Å². The molecular formula is C17H12FN3O2S. The average molecular weight is 341 g/mol. The molecule has 2 heterocycles. The molecule has 0 radical (unpaired) electrons. The van der Waals surface area contributed by atoms with E-state index >= 15 is 0 Å². The molecule has 0 N–H and O–H groups in total. The lowest BCUT2D eigenvalue weighted by molar-refractivity contribution is -0.384. The topological polar surface area (TPSA) is 61.0 Å². The van der Waals surface area contributed by atoms with Gasteiger partial charge < -0.3 is 4.57 Å². The van der Waals surface area contributed by atoms with Crippen molar-refractivity contribution in [1.29, 1.82) is 0 Å². The van der Waals surface area contributed by atoms with Gasteiger partial charge in [-0.2, -0.15) is 0 Å². The van der Waals surface area contributed by atoms with E-state index < -0.39 is 4.92 Å². The molecule has 0 spiro atoms. The molecule has 0 aliphatic carbocycles. The van der Waals surface area contributed by atoms with E-state index in [2.05, 4.69) is 9.55 Å². The molecule has 0 bridgehead atoms. The summed E-state index contributed by atoms with van der Waals surface area (Å²) in [6.07, 6.45) is 0. The van der Waals surface area contributed by atoms with Gasteiger partial charge in [0.05, 0.1) is 15.4 Å². The number of fused-ring (bicyclic) bond motifs is 3. The number of nitrogens with zero attached hydrogens (tertiary/aromatic N) is 3. The molecule has 4 rings (SSSR count). The molecule has 0 aliphatic heterocycles. The lowest BCUT2D eigenvalue weighted by atomic mass is 10.2. The third-order valence-corrected chi connectivity index (χ3v) is 4.95. The zero-order valence-electron chi connectivity index (χ0n) is 12.7. The Morgan fingerprint density at radius 2 is 2.00 bits per heavy atom. The molecule has 0 saturated carbocycles. The molecule has 2 aromatic carbocycles. The summed E-state index contributed by atoms with van der Waals surface area (Å²) in [5, 5.41) is 12.5. The van der Waals surface area contributed by atoms with Crippen LogP contribution in [0.3, 0.4) is 0 Å². The van der Waals surface area contributed by atoms with E-state index in [0.29, 0.717) is 6.54 Å². The molecule has 0 amide bonds. The van der Waals surface area contributed by atoms with Gasteiger partial charge >= 0.3 is 0 Å². The second-order valence-electron chi connectivity index (χ2n) is 5.56. The van der Waals surface area contributed by atoms with Crippen LogP contribution in [0.2, 0.25) is 0 Å². The lowest BCUT2D eigenvalue weighted by Gasteiger charge is -2.06. The Kier molecular flexibility index (Phi) is 3.31. The zero-order chi connectivity index (χ0) is 16.8. The SMILES string of the molecule is Cc1nc2c3cc(F)ccc3n(Cc3ccc([N+](=O)[O-])cc3)c2s1. The van der Waals surface area contributed by atoms with E-state index in [1.165, 1.54) is 24.3 Å². The third kappa shape index (κ3) is 2.33. The highest BCUT2D eigenvalue weighted by Gasteiger charge is 2.16. The van der Waals surface area contributed by atoms with E-state index in [9.17, 15) is 14.5 Å². The van der Waals surface area contributed by atoms with Crippen molar-refractivity contribution in [1.82, 2.24) is 9.55 Å². The van der Waals surface area contributed by atoms with Crippen LogP contribution >= 0.6 is 11.3 Å². The van der Waals surface area contributed by atoms with Crippen LogP contribution in [-0.2, 0) is 6.54 Å². The second kappa shape index (κ2) is 5.38.